The van der Waals surface area contributed by atoms with Crippen LogP contribution in [0.2, 0.25) is 0 Å². The minimum absolute atomic E-state index is 0.209. The molecule has 0 saturated heterocycles. The molecule has 19 heavy (non-hydrogen) atoms. The summed E-state index contributed by atoms with van der Waals surface area (Å²) >= 11 is 3.24. The largest absolute Gasteiger partial charge is 0.454 e. The number of hydrogen-bond donors (Lipinski definition) is 1. The van der Waals surface area contributed by atoms with Crippen LogP contribution in [-0.2, 0) is 0 Å². The topological polar surface area (TPSA) is 60.5 Å². The summed E-state index contributed by atoms with van der Waals surface area (Å²) in [6, 6.07) is 8.65. The van der Waals surface area contributed by atoms with Gasteiger partial charge in [-0.25, -0.2) is 4.98 Å². The fourth-order valence-corrected chi connectivity index (χ4v) is 2.16. The number of carbonyl (C=O) groups is 1. The molecule has 1 amide bonds. The summed E-state index contributed by atoms with van der Waals surface area (Å²) in [5.41, 5.74) is 1.12. The molecule has 0 radical (unpaired) electrons. The van der Waals surface area contributed by atoms with E-state index in [0.29, 0.717) is 27.4 Å². The molecule has 0 bridgehead atoms. The Morgan fingerprint density at radius 1 is 1.26 bits per heavy atom. The number of aromatic nitrogens is 1. The Balaban J connectivity index is 1.82. The Morgan fingerprint density at radius 2 is 2.11 bits per heavy atom. The highest BCUT2D eigenvalue weighted by molar-refractivity contribution is 9.10. The van der Waals surface area contributed by atoms with Crippen LogP contribution < -0.4 is 14.8 Å². The van der Waals surface area contributed by atoms with Crippen LogP contribution in [0.5, 0.6) is 11.5 Å². The van der Waals surface area contributed by atoms with Crippen LogP contribution in [0.15, 0.2) is 41.1 Å². The van der Waals surface area contributed by atoms with E-state index in [1.165, 1.54) is 0 Å². The van der Waals surface area contributed by atoms with Crippen LogP contribution in [-0.4, -0.2) is 17.7 Å². The highest BCUT2D eigenvalue weighted by Crippen LogP contribution is 2.34. The maximum Gasteiger partial charge on any atom is 0.258 e. The summed E-state index contributed by atoms with van der Waals surface area (Å²) in [5, 5.41) is 2.78. The number of ether oxygens (including phenoxy) is 2. The number of anilines is 1. The third-order valence-electron chi connectivity index (χ3n) is 2.63. The average Bonchev–Trinajstić information content (AvgIpc) is 2.86. The smallest absolute Gasteiger partial charge is 0.258 e. The number of pyridine rings is 1. The summed E-state index contributed by atoms with van der Waals surface area (Å²) < 4.78 is 11.0. The van der Waals surface area contributed by atoms with Crippen LogP contribution in [0.1, 0.15) is 10.4 Å². The maximum absolute atomic E-state index is 12.1. The van der Waals surface area contributed by atoms with Gasteiger partial charge in [0, 0.05) is 18.0 Å². The second-order valence-electron chi connectivity index (χ2n) is 3.86. The molecule has 0 atom stereocenters. The van der Waals surface area contributed by atoms with Crippen molar-refractivity contribution in [1.29, 1.82) is 0 Å². The molecule has 6 heteroatoms. The zero-order valence-electron chi connectivity index (χ0n) is 9.72. The molecule has 1 N–H and O–H groups in total. The van der Waals surface area contributed by atoms with Gasteiger partial charge in [-0.05, 0) is 40.2 Å². The second kappa shape index (κ2) is 4.89. The van der Waals surface area contributed by atoms with E-state index in [2.05, 4.69) is 26.2 Å². The average molecular weight is 321 g/mol. The fraction of sp³-hybridized carbons (Fsp3) is 0.0769. The predicted octanol–water partition coefficient (Wildman–Crippen LogP) is 2.83. The summed E-state index contributed by atoms with van der Waals surface area (Å²) in [7, 11) is 0. The Kier molecular flexibility index (Phi) is 3.08. The molecule has 1 aromatic heterocycles. The number of benzene rings is 1. The van der Waals surface area contributed by atoms with Crippen molar-refractivity contribution < 1.29 is 14.3 Å². The van der Waals surface area contributed by atoms with E-state index in [0.717, 1.165) is 0 Å². The van der Waals surface area contributed by atoms with Gasteiger partial charge in [0.1, 0.15) is 4.60 Å². The zero-order chi connectivity index (χ0) is 13.2. The van der Waals surface area contributed by atoms with Crippen molar-refractivity contribution in [2.45, 2.75) is 0 Å². The summed E-state index contributed by atoms with van der Waals surface area (Å²) in [6.07, 6.45) is 1.61. The molecule has 0 saturated carbocycles. The lowest BCUT2D eigenvalue weighted by atomic mass is 10.2. The molecule has 0 unspecified atom stereocenters. The molecule has 2 heterocycles. The van der Waals surface area contributed by atoms with Gasteiger partial charge in [0.15, 0.2) is 11.5 Å². The molecule has 1 aromatic carbocycles. The Hall–Kier alpha value is -2.08. The summed E-state index contributed by atoms with van der Waals surface area (Å²) in [6.45, 7) is 0.209. The normalized spacial score (nSPS) is 12.3. The number of hydrogen-bond acceptors (Lipinski definition) is 4. The third kappa shape index (κ3) is 2.39. The van der Waals surface area contributed by atoms with Gasteiger partial charge in [-0.1, -0.05) is 0 Å². The molecule has 0 spiro atoms. The van der Waals surface area contributed by atoms with Gasteiger partial charge in [-0.2, -0.15) is 0 Å². The number of nitrogens with zero attached hydrogens (tertiary/aromatic N) is 1. The Bertz CT molecular complexity index is 646. The molecule has 2 aromatic rings. The number of carbonyl (C=O) groups excluding carboxylic acids is 1. The van der Waals surface area contributed by atoms with Gasteiger partial charge in [-0.3, -0.25) is 4.79 Å². The summed E-state index contributed by atoms with van der Waals surface area (Å²) in [4.78, 5) is 16.1. The van der Waals surface area contributed by atoms with E-state index in [1.54, 1.807) is 36.5 Å². The Morgan fingerprint density at radius 3 is 2.95 bits per heavy atom. The quantitative estimate of drug-likeness (QED) is 0.864. The SMILES string of the molecule is O=C(Nc1ccc2c(c1)OCO2)c1cccnc1Br. The van der Waals surface area contributed by atoms with Gasteiger partial charge in [-0.15, -0.1) is 0 Å². The van der Waals surface area contributed by atoms with Crippen molar-refractivity contribution in [3.8, 4) is 11.5 Å². The van der Waals surface area contributed by atoms with Gasteiger partial charge >= 0.3 is 0 Å². The lowest BCUT2D eigenvalue weighted by Gasteiger charge is -2.07. The minimum Gasteiger partial charge on any atom is -0.454 e. The number of amides is 1. The third-order valence-corrected chi connectivity index (χ3v) is 3.27. The minimum atomic E-state index is -0.237. The number of nitrogens with one attached hydrogen (secondary N) is 1. The first-order valence-corrected chi connectivity index (χ1v) is 6.35. The first kappa shape index (κ1) is 12.0. The fourth-order valence-electron chi connectivity index (χ4n) is 1.73. The maximum atomic E-state index is 12.1. The highest BCUT2D eigenvalue weighted by atomic mass is 79.9. The van der Waals surface area contributed by atoms with E-state index < -0.39 is 0 Å². The van der Waals surface area contributed by atoms with Crippen LogP contribution in [0.25, 0.3) is 0 Å². The molecule has 1 aliphatic heterocycles. The van der Waals surface area contributed by atoms with Crippen LogP contribution in [0, 0.1) is 0 Å². The van der Waals surface area contributed by atoms with E-state index in [-0.39, 0.29) is 12.7 Å². The van der Waals surface area contributed by atoms with Gasteiger partial charge in [0.2, 0.25) is 6.79 Å². The van der Waals surface area contributed by atoms with Gasteiger partial charge in [0.05, 0.1) is 5.56 Å². The van der Waals surface area contributed by atoms with E-state index in [1.807, 2.05) is 0 Å². The second-order valence-corrected chi connectivity index (χ2v) is 4.62. The first-order chi connectivity index (χ1) is 9.24. The molecule has 5 nitrogen and oxygen atoms in total. The number of rotatable bonds is 2. The van der Waals surface area contributed by atoms with Crippen molar-refractivity contribution in [3.05, 3.63) is 46.7 Å². The molecule has 96 valence electrons. The molecular formula is C13H9BrN2O3. The number of halogens is 1. The van der Waals surface area contributed by atoms with Crippen molar-refractivity contribution in [1.82, 2.24) is 4.98 Å². The van der Waals surface area contributed by atoms with Crippen molar-refractivity contribution in [2.75, 3.05) is 12.1 Å². The van der Waals surface area contributed by atoms with Crippen LogP contribution in [0.3, 0.4) is 0 Å². The number of fused-ring (bicyclic) bond motifs is 1. The summed E-state index contributed by atoms with van der Waals surface area (Å²) in [5.74, 6) is 1.07. The highest BCUT2D eigenvalue weighted by Gasteiger charge is 2.15. The van der Waals surface area contributed by atoms with Gasteiger partial charge in [0.25, 0.3) is 5.91 Å². The van der Waals surface area contributed by atoms with Gasteiger partial charge < -0.3 is 14.8 Å². The first-order valence-electron chi connectivity index (χ1n) is 5.55. The predicted molar refractivity (Wildman–Crippen MR) is 72.5 cm³/mol. The van der Waals surface area contributed by atoms with Crippen LogP contribution >= 0.6 is 15.9 Å². The standard InChI is InChI=1S/C13H9BrN2O3/c14-12-9(2-1-5-15-12)13(17)16-8-3-4-10-11(6-8)19-7-18-10/h1-6H,7H2,(H,16,17). The molecule has 3 rings (SSSR count). The van der Waals surface area contributed by atoms with Crippen molar-refractivity contribution >= 4 is 27.5 Å². The Labute approximate surface area is 117 Å². The van der Waals surface area contributed by atoms with Crippen molar-refractivity contribution in [3.63, 3.8) is 0 Å². The molecule has 1 aliphatic rings. The monoisotopic (exact) mass is 320 g/mol. The molecule has 0 fully saturated rings. The lowest BCUT2D eigenvalue weighted by Crippen LogP contribution is -2.12. The van der Waals surface area contributed by atoms with E-state index in [4.69, 9.17) is 9.47 Å². The van der Waals surface area contributed by atoms with Crippen molar-refractivity contribution in [2.24, 2.45) is 0 Å². The van der Waals surface area contributed by atoms with E-state index >= 15 is 0 Å². The molecule has 0 aliphatic carbocycles. The van der Waals surface area contributed by atoms with Crippen LogP contribution in [0.4, 0.5) is 5.69 Å². The van der Waals surface area contributed by atoms with E-state index in [9.17, 15) is 4.79 Å². The molecular weight excluding hydrogens is 312 g/mol. The lowest BCUT2D eigenvalue weighted by molar-refractivity contribution is 0.102. The zero-order valence-corrected chi connectivity index (χ0v) is 11.3.